The van der Waals surface area contributed by atoms with E-state index in [1.165, 1.54) is 5.56 Å². The Morgan fingerprint density at radius 2 is 2.10 bits per heavy atom. The first-order chi connectivity index (χ1) is 10.2. The lowest BCUT2D eigenvalue weighted by Gasteiger charge is -2.15. The van der Waals surface area contributed by atoms with Gasteiger partial charge in [-0.05, 0) is 43.2 Å². The first kappa shape index (κ1) is 15.3. The molecule has 21 heavy (non-hydrogen) atoms. The third-order valence-electron chi connectivity index (χ3n) is 3.32. The molecule has 0 fully saturated rings. The highest BCUT2D eigenvalue weighted by atomic mass is 16.5. The van der Waals surface area contributed by atoms with Crippen LogP contribution in [-0.4, -0.2) is 18.7 Å². The zero-order valence-corrected chi connectivity index (χ0v) is 12.8. The van der Waals surface area contributed by atoms with Crippen LogP contribution < -0.4 is 14.8 Å². The summed E-state index contributed by atoms with van der Waals surface area (Å²) >= 11 is 0. The Balaban J connectivity index is 2.01. The fourth-order valence-electron chi connectivity index (χ4n) is 2.12. The number of rotatable bonds is 7. The molecule has 0 saturated carbocycles. The highest BCUT2D eigenvalue weighted by molar-refractivity contribution is 5.43. The minimum Gasteiger partial charge on any atom is -0.493 e. The summed E-state index contributed by atoms with van der Waals surface area (Å²) in [5.74, 6) is 1.55. The fourth-order valence-corrected chi connectivity index (χ4v) is 2.12. The number of benzene rings is 1. The number of nitrogens with one attached hydrogen (secondary N) is 1. The quantitative estimate of drug-likeness (QED) is 0.847. The normalized spacial score (nSPS) is 12.0. The molecule has 0 aliphatic rings. The highest BCUT2D eigenvalue weighted by Gasteiger charge is 2.08. The predicted octanol–water partition coefficient (Wildman–Crippen LogP) is 3.34. The third-order valence-corrected chi connectivity index (χ3v) is 3.32. The van der Waals surface area contributed by atoms with Crippen molar-refractivity contribution in [3.8, 4) is 11.5 Å². The van der Waals surface area contributed by atoms with E-state index in [1.807, 2.05) is 37.4 Å². The summed E-state index contributed by atoms with van der Waals surface area (Å²) < 4.78 is 10.9. The Labute approximate surface area is 126 Å². The van der Waals surface area contributed by atoms with E-state index in [1.54, 1.807) is 13.3 Å². The maximum Gasteiger partial charge on any atom is 0.161 e. The zero-order chi connectivity index (χ0) is 15.1. The van der Waals surface area contributed by atoms with Crippen LogP contribution in [0.1, 0.15) is 31.0 Å². The van der Waals surface area contributed by atoms with Gasteiger partial charge in [-0.15, -0.1) is 0 Å². The van der Waals surface area contributed by atoms with Crippen molar-refractivity contribution in [1.29, 1.82) is 0 Å². The molecular formula is C17H22N2O2. The molecule has 2 rings (SSSR count). The summed E-state index contributed by atoms with van der Waals surface area (Å²) in [7, 11) is 1.65. The van der Waals surface area contributed by atoms with Crippen LogP contribution in [0.3, 0.4) is 0 Å². The monoisotopic (exact) mass is 286 g/mol. The Bertz CT molecular complexity index is 558. The van der Waals surface area contributed by atoms with Crippen molar-refractivity contribution < 1.29 is 9.47 Å². The second kappa shape index (κ2) is 7.64. The number of hydrogen-bond acceptors (Lipinski definition) is 4. The minimum absolute atomic E-state index is 0.247. The summed E-state index contributed by atoms with van der Waals surface area (Å²) in [6.45, 7) is 5.48. The van der Waals surface area contributed by atoms with Gasteiger partial charge in [0.05, 0.1) is 13.7 Å². The summed E-state index contributed by atoms with van der Waals surface area (Å²) in [4.78, 5) is 4.15. The number of ether oxygens (including phenoxy) is 2. The van der Waals surface area contributed by atoms with Gasteiger partial charge in [0, 0.05) is 25.0 Å². The molecule has 2 aromatic rings. The summed E-state index contributed by atoms with van der Waals surface area (Å²) in [6, 6.07) is 10.3. The minimum atomic E-state index is 0.247. The molecule has 4 heteroatoms. The van der Waals surface area contributed by atoms with Crippen LogP contribution in [0.5, 0.6) is 11.5 Å². The van der Waals surface area contributed by atoms with Crippen LogP contribution in [0.2, 0.25) is 0 Å². The lowest BCUT2D eigenvalue weighted by molar-refractivity contribution is 0.310. The van der Waals surface area contributed by atoms with Gasteiger partial charge in [-0.25, -0.2) is 0 Å². The third kappa shape index (κ3) is 4.20. The lowest BCUT2D eigenvalue weighted by Crippen LogP contribution is -2.18. The van der Waals surface area contributed by atoms with E-state index >= 15 is 0 Å². The van der Waals surface area contributed by atoms with Crippen LogP contribution in [0.15, 0.2) is 42.7 Å². The number of hydrogen-bond donors (Lipinski definition) is 1. The number of pyridine rings is 1. The van der Waals surface area contributed by atoms with E-state index in [0.29, 0.717) is 6.61 Å². The van der Waals surface area contributed by atoms with E-state index < -0.39 is 0 Å². The molecule has 1 aromatic heterocycles. The van der Waals surface area contributed by atoms with Gasteiger partial charge < -0.3 is 14.8 Å². The molecule has 0 aliphatic heterocycles. The summed E-state index contributed by atoms with van der Waals surface area (Å²) in [6.07, 6.45) is 3.67. The van der Waals surface area contributed by atoms with E-state index in [-0.39, 0.29) is 6.04 Å². The van der Waals surface area contributed by atoms with E-state index in [2.05, 4.69) is 23.3 Å². The highest BCUT2D eigenvalue weighted by Crippen LogP contribution is 2.28. The molecule has 0 spiro atoms. The van der Waals surface area contributed by atoms with Crippen molar-refractivity contribution in [2.24, 2.45) is 0 Å². The first-order valence-corrected chi connectivity index (χ1v) is 7.17. The second-order valence-electron chi connectivity index (χ2n) is 4.81. The first-order valence-electron chi connectivity index (χ1n) is 7.17. The number of aromatic nitrogens is 1. The molecular weight excluding hydrogens is 264 g/mol. The van der Waals surface area contributed by atoms with Crippen molar-refractivity contribution >= 4 is 0 Å². The summed E-state index contributed by atoms with van der Waals surface area (Å²) in [5, 5.41) is 3.49. The molecule has 4 nitrogen and oxygen atoms in total. The molecule has 1 aromatic carbocycles. The van der Waals surface area contributed by atoms with Gasteiger partial charge in [0.1, 0.15) is 0 Å². The largest absolute Gasteiger partial charge is 0.493 e. The van der Waals surface area contributed by atoms with Gasteiger partial charge in [-0.1, -0.05) is 12.1 Å². The fraction of sp³-hybridized carbons (Fsp3) is 0.353. The van der Waals surface area contributed by atoms with Gasteiger partial charge in [0.2, 0.25) is 0 Å². The van der Waals surface area contributed by atoms with Crippen molar-refractivity contribution in [3.63, 3.8) is 0 Å². The molecule has 0 unspecified atom stereocenters. The van der Waals surface area contributed by atoms with Crippen LogP contribution in [-0.2, 0) is 6.54 Å². The van der Waals surface area contributed by atoms with Gasteiger partial charge in [0.25, 0.3) is 0 Å². The van der Waals surface area contributed by atoms with Crippen molar-refractivity contribution in [2.75, 3.05) is 13.7 Å². The topological polar surface area (TPSA) is 43.4 Å². The molecule has 1 N–H and O–H groups in total. The lowest BCUT2D eigenvalue weighted by atomic mass is 10.1. The Kier molecular flexibility index (Phi) is 5.58. The second-order valence-corrected chi connectivity index (χ2v) is 4.81. The molecule has 0 radical (unpaired) electrons. The van der Waals surface area contributed by atoms with Crippen LogP contribution in [0, 0.1) is 0 Å². The van der Waals surface area contributed by atoms with Crippen molar-refractivity contribution in [1.82, 2.24) is 10.3 Å². The molecule has 1 atom stereocenters. The van der Waals surface area contributed by atoms with Crippen molar-refractivity contribution in [2.45, 2.75) is 26.4 Å². The molecule has 0 aliphatic carbocycles. The van der Waals surface area contributed by atoms with Gasteiger partial charge >= 0.3 is 0 Å². The van der Waals surface area contributed by atoms with E-state index in [0.717, 1.165) is 23.6 Å². The SMILES string of the molecule is CCOc1cc(CN[C@@H](C)c2cccnc2)ccc1OC. The molecule has 0 saturated heterocycles. The van der Waals surface area contributed by atoms with Gasteiger partial charge in [-0.2, -0.15) is 0 Å². The molecule has 0 bridgehead atoms. The van der Waals surface area contributed by atoms with E-state index in [9.17, 15) is 0 Å². The van der Waals surface area contributed by atoms with Crippen molar-refractivity contribution in [3.05, 3.63) is 53.9 Å². The zero-order valence-electron chi connectivity index (χ0n) is 12.8. The average molecular weight is 286 g/mol. The molecule has 112 valence electrons. The summed E-state index contributed by atoms with van der Waals surface area (Å²) in [5.41, 5.74) is 2.34. The van der Waals surface area contributed by atoms with Crippen LogP contribution >= 0.6 is 0 Å². The average Bonchev–Trinajstić information content (AvgIpc) is 2.54. The maximum atomic E-state index is 5.60. The molecule has 1 heterocycles. The van der Waals surface area contributed by atoms with E-state index in [4.69, 9.17) is 9.47 Å². The number of nitrogens with zero attached hydrogens (tertiary/aromatic N) is 1. The van der Waals surface area contributed by atoms with Crippen LogP contribution in [0.4, 0.5) is 0 Å². The van der Waals surface area contributed by atoms with Gasteiger partial charge in [0.15, 0.2) is 11.5 Å². The standard InChI is InChI=1S/C17H22N2O2/c1-4-21-17-10-14(7-8-16(17)20-3)11-19-13(2)15-6-5-9-18-12-15/h5-10,12-13,19H,4,11H2,1-3H3/t13-/m0/s1. The van der Waals surface area contributed by atoms with Crippen LogP contribution in [0.25, 0.3) is 0 Å². The van der Waals surface area contributed by atoms with Gasteiger partial charge in [-0.3, -0.25) is 4.98 Å². The Hall–Kier alpha value is -2.07. The molecule has 0 amide bonds. The Morgan fingerprint density at radius 1 is 1.24 bits per heavy atom. The Morgan fingerprint density at radius 3 is 2.76 bits per heavy atom. The smallest absolute Gasteiger partial charge is 0.161 e. The maximum absolute atomic E-state index is 5.60. The number of methoxy groups -OCH3 is 1. The predicted molar refractivity (Wildman–Crippen MR) is 83.7 cm³/mol.